The lowest BCUT2D eigenvalue weighted by molar-refractivity contribution is -0.120. The average molecular weight is 415 g/mol. The maximum atomic E-state index is 12.8. The predicted octanol–water partition coefficient (Wildman–Crippen LogP) is 4.88. The zero-order chi connectivity index (χ0) is 21.8. The summed E-state index contributed by atoms with van der Waals surface area (Å²) in [6, 6.07) is 17.3. The number of nitrogens with one attached hydrogen (secondary N) is 2. The molecule has 0 saturated heterocycles. The first-order valence-corrected chi connectivity index (χ1v) is 10.4. The Morgan fingerprint density at radius 2 is 1.84 bits per heavy atom. The van der Waals surface area contributed by atoms with E-state index in [1.54, 1.807) is 18.3 Å². The normalized spacial score (nSPS) is 15.0. The molecular weight excluding hydrogens is 390 g/mol. The molecule has 1 heterocycles. The molecule has 4 rings (SSSR count). The molecule has 1 aliphatic carbocycles. The Hall–Kier alpha value is -3.67. The van der Waals surface area contributed by atoms with Crippen molar-refractivity contribution in [3.8, 4) is 11.5 Å². The van der Waals surface area contributed by atoms with E-state index in [0.29, 0.717) is 23.7 Å². The second kappa shape index (κ2) is 9.00. The van der Waals surface area contributed by atoms with Gasteiger partial charge in [0.2, 0.25) is 11.8 Å². The van der Waals surface area contributed by atoms with Crippen LogP contribution in [-0.4, -0.2) is 16.8 Å². The van der Waals surface area contributed by atoms with Crippen LogP contribution >= 0.6 is 0 Å². The third kappa shape index (κ3) is 5.28. The standard InChI is InChI=1S/C25H25N3O3/c1-16-4-3-5-21(12-16)28-25(30)19-7-6-18-8-9-22(14-20(18)13-19)31-23-10-11-26-24(15-23)27-17(2)29/h3-5,8-12,14-15,19H,6-7,13H2,1-2H3,(H,28,30)(H,26,27,29). The van der Waals surface area contributed by atoms with Gasteiger partial charge in [-0.25, -0.2) is 4.98 Å². The van der Waals surface area contributed by atoms with Crippen molar-refractivity contribution >= 4 is 23.3 Å². The summed E-state index contributed by atoms with van der Waals surface area (Å²) in [7, 11) is 0. The highest BCUT2D eigenvalue weighted by atomic mass is 16.5. The fraction of sp³-hybridized carbons (Fsp3) is 0.240. The molecule has 0 bridgehead atoms. The Morgan fingerprint density at radius 3 is 2.65 bits per heavy atom. The monoisotopic (exact) mass is 415 g/mol. The van der Waals surface area contributed by atoms with Gasteiger partial charge in [0.1, 0.15) is 17.3 Å². The van der Waals surface area contributed by atoms with Crippen molar-refractivity contribution in [2.45, 2.75) is 33.1 Å². The number of rotatable bonds is 5. The predicted molar refractivity (Wildman–Crippen MR) is 120 cm³/mol. The van der Waals surface area contributed by atoms with Gasteiger partial charge in [0.05, 0.1) is 0 Å². The van der Waals surface area contributed by atoms with Crippen LogP contribution in [0.2, 0.25) is 0 Å². The zero-order valence-corrected chi connectivity index (χ0v) is 17.6. The van der Waals surface area contributed by atoms with Crippen molar-refractivity contribution in [1.29, 1.82) is 0 Å². The first-order valence-electron chi connectivity index (χ1n) is 10.4. The molecule has 0 saturated carbocycles. The van der Waals surface area contributed by atoms with Crippen molar-refractivity contribution < 1.29 is 14.3 Å². The minimum Gasteiger partial charge on any atom is -0.457 e. The SMILES string of the molecule is CC(=O)Nc1cc(Oc2ccc3c(c2)CC(C(=O)Nc2cccc(C)c2)CC3)ccn1. The summed E-state index contributed by atoms with van der Waals surface area (Å²) in [5.41, 5.74) is 4.33. The summed E-state index contributed by atoms with van der Waals surface area (Å²) >= 11 is 0. The summed E-state index contributed by atoms with van der Waals surface area (Å²) < 4.78 is 5.98. The molecular formula is C25H25N3O3. The highest BCUT2D eigenvalue weighted by Gasteiger charge is 2.25. The van der Waals surface area contributed by atoms with E-state index in [4.69, 9.17) is 4.74 Å². The van der Waals surface area contributed by atoms with E-state index >= 15 is 0 Å². The molecule has 31 heavy (non-hydrogen) atoms. The van der Waals surface area contributed by atoms with Crippen LogP contribution in [0.3, 0.4) is 0 Å². The molecule has 3 aromatic rings. The zero-order valence-electron chi connectivity index (χ0n) is 17.6. The summed E-state index contributed by atoms with van der Waals surface area (Å²) in [5.74, 6) is 1.51. The highest BCUT2D eigenvalue weighted by molar-refractivity contribution is 5.93. The molecule has 0 radical (unpaired) electrons. The molecule has 1 aliphatic rings. The number of nitrogens with zero attached hydrogens (tertiary/aromatic N) is 1. The Kier molecular flexibility index (Phi) is 5.98. The molecule has 1 aromatic heterocycles. The lowest BCUT2D eigenvalue weighted by atomic mass is 9.83. The van der Waals surface area contributed by atoms with E-state index in [9.17, 15) is 9.59 Å². The molecule has 0 aliphatic heterocycles. The number of pyridine rings is 1. The lowest BCUT2D eigenvalue weighted by Crippen LogP contribution is -2.28. The molecule has 1 atom stereocenters. The topological polar surface area (TPSA) is 80.3 Å². The number of hydrogen-bond acceptors (Lipinski definition) is 4. The van der Waals surface area contributed by atoms with Crippen LogP contribution in [0.1, 0.15) is 30.0 Å². The Labute approximate surface area is 181 Å². The fourth-order valence-corrected chi connectivity index (χ4v) is 3.85. The van der Waals surface area contributed by atoms with Crippen molar-refractivity contribution in [3.63, 3.8) is 0 Å². The minimum atomic E-state index is -0.187. The molecule has 2 aromatic carbocycles. The van der Waals surface area contributed by atoms with Gasteiger partial charge in [-0.05, 0) is 73.2 Å². The van der Waals surface area contributed by atoms with Gasteiger partial charge in [-0.15, -0.1) is 0 Å². The molecule has 158 valence electrons. The van der Waals surface area contributed by atoms with E-state index in [2.05, 4.69) is 21.7 Å². The second-order valence-corrected chi connectivity index (χ2v) is 7.89. The number of carbonyl (C=O) groups is 2. The van der Waals surface area contributed by atoms with E-state index < -0.39 is 0 Å². The second-order valence-electron chi connectivity index (χ2n) is 7.89. The van der Waals surface area contributed by atoms with E-state index in [1.165, 1.54) is 12.5 Å². The van der Waals surface area contributed by atoms with Crippen LogP contribution in [-0.2, 0) is 22.4 Å². The van der Waals surface area contributed by atoms with E-state index in [0.717, 1.165) is 29.7 Å². The molecule has 0 spiro atoms. The third-order valence-corrected chi connectivity index (χ3v) is 5.33. The van der Waals surface area contributed by atoms with Crippen LogP contribution < -0.4 is 15.4 Å². The lowest BCUT2D eigenvalue weighted by Gasteiger charge is -2.24. The number of fused-ring (bicyclic) bond motifs is 1. The maximum absolute atomic E-state index is 12.8. The molecule has 2 amide bonds. The highest BCUT2D eigenvalue weighted by Crippen LogP contribution is 2.31. The first kappa shape index (κ1) is 20.6. The number of anilines is 2. The van der Waals surface area contributed by atoms with Crippen LogP contribution in [0.15, 0.2) is 60.8 Å². The number of hydrogen-bond donors (Lipinski definition) is 2. The van der Waals surface area contributed by atoms with Crippen molar-refractivity contribution in [2.24, 2.45) is 5.92 Å². The molecule has 1 unspecified atom stereocenters. The van der Waals surface area contributed by atoms with Crippen molar-refractivity contribution in [2.75, 3.05) is 10.6 Å². The number of aromatic nitrogens is 1. The summed E-state index contributed by atoms with van der Waals surface area (Å²) in [6.07, 6.45) is 3.96. The smallest absolute Gasteiger partial charge is 0.227 e. The van der Waals surface area contributed by atoms with Crippen LogP contribution in [0.4, 0.5) is 11.5 Å². The fourth-order valence-electron chi connectivity index (χ4n) is 3.85. The number of carbonyl (C=O) groups excluding carboxylic acids is 2. The van der Waals surface area contributed by atoms with Gasteiger partial charge in [-0.3, -0.25) is 9.59 Å². The minimum absolute atomic E-state index is 0.0525. The Morgan fingerprint density at radius 1 is 1.00 bits per heavy atom. The largest absolute Gasteiger partial charge is 0.457 e. The van der Waals surface area contributed by atoms with Gasteiger partial charge in [0.25, 0.3) is 0 Å². The average Bonchev–Trinajstić information content (AvgIpc) is 2.73. The molecule has 2 N–H and O–H groups in total. The number of aryl methyl sites for hydroxylation is 2. The van der Waals surface area contributed by atoms with Crippen molar-refractivity contribution in [1.82, 2.24) is 4.98 Å². The first-order chi connectivity index (χ1) is 15.0. The Bertz CT molecular complexity index is 1130. The van der Waals surface area contributed by atoms with Crippen LogP contribution in [0, 0.1) is 12.8 Å². The molecule has 6 nitrogen and oxygen atoms in total. The van der Waals surface area contributed by atoms with Gasteiger partial charge in [0, 0.05) is 30.8 Å². The van der Waals surface area contributed by atoms with E-state index in [1.807, 2.05) is 43.3 Å². The molecule has 0 fully saturated rings. The number of ether oxygens (including phenoxy) is 1. The summed E-state index contributed by atoms with van der Waals surface area (Å²) in [4.78, 5) is 28.1. The third-order valence-electron chi connectivity index (χ3n) is 5.33. The van der Waals surface area contributed by atoms with Gasteiger partial charge in [0.15, 0.2) is 0 Å². The summed E-state index contributed by atoms with van der Waals surface area (Å²) in [6.45, 7) is 3.44. The van der Waals surface area contributed by atoms with Gasteiger partial charge in [-0.2, -0.15) is 0 Å². The maximum Gasteiger partial charge on any atom is 0.227 e. The van der Waals surface area contributed by atoms with Gasteiger partial charge < -0.3 is 15.4 Å². The van der Waals surface area contributed by atoms with Crippen LogP contribution in [0.5, 0.6) is 11.5 Å². The number of amides is 2. The Balaban J connectivity index is 1.45. The van der Waals surface area contributed by atoms with Crippen molar-refractivity contribution in [3.05, 3.63) is 77.5 Å². The van der Waals surface area contributed by atoms with E-state index in [-0.39, 0.29) is 17.7 Å². The van der Waals surface area contributed by atoms with Gasteiger partial charge in [-0.1, -0.05) is 18.2 Å². The van der Waals surface area contributed by atoms with Crippen LogP contribution in [0.25, 0.3) is 0 Å². The number of benzene rings is 2. The summed E-state index contributed by atoms with van der Waals surface area (Å²) in [5, 5.41) is 5.70. The quantitative estimate of drug-likeness (QED) is 0.622. The molecule has 6 heteroatoms. The van der Waals surface area contributed by atoms with Gasteiger partial charge >= 0.3 is 0 Å².